The van der Waals surface area contributed by atoms with Crippen LogP contribution in [-0.4, -0.2) is 17.7 Å². The van der Waals surface area contributed by atoms with Gasteiger partial charge in [0.2, 0.25) is 0 Å². The maximum Gasteiger partial charge on any atom is 0.412 e. The number of ether oxygens (including phenoxy) is 1. The van der Waals surface area contributed by atoms with Gasteiger partial charge in [0.05, 0.1) is 11.4 Å². The van der Waals surface area contributed by atoms with Gasteiger partial charge in [0.15, 0.2) is 0 Å². The molecule has 1 aromatic rings. The van der Waals surface area contributed by atoms with Crippen LogP contribution in [0.4, 0.5) is 16.2 Å². The maximum absolute atomic E-state index is 11.9. The molecule has 0 aliphatic heterocycles. The van der Waals surface area contributed by atoms with Crippen molar-refractivity contribution in [1.29, 1.82) is 0 Å². The van der Waals surface area contributed by atoms with E-state index >= 15 is 0 Å². The summed E-state index contributed by atoms with van der Waals surface area (Å²) in [6.45, 7) is 7.77. The van der Waals surface area contributed by atoms with Gasteiger partial charge in [0.1, 0.15) is 5.60 Å². The van der Waals surface area contributed by atoms with Crippen molar-refractivity contribution < 1.29 is 9.53 Å². The topological polar surface area (TPSA) is 50.4 Å². The van der Waals surface area contributed by atoms with Crippen LogP contribution in [0, 0.1) is 5.92 Å². The van der Waals surface area contributed by atoms with Crippen LogP contribution < -0.4 is 10.6 Å². The quantitative estimate of drug-likeness (QED) is 0.802. The smallest absolute Gasteiger partial charge is 0.412 e. The second-order valence-electron chi connectivity index (χ2n) is 7.25. The summed E-state index contributed by atoms with van der Waals surface area (Å²) in [6.07, 6.45) is 4.83. The highest BCUT2D eigenvalue weighted by molar-refractivity contribution is 5.89. The third-order valence-corrected chi connectivity index (χ3v) is 3.88. The molecular weight excluding hydrogens is 276 g/mol. The summed E-state index contributed by atoms with van der Waals surface area (Å²) in [4.78, 5) is 11.9. The zero-order valence-corrected chi connectivity index (χ0v) is 14.1. The summed E-state index contributed by atoms with van der Waals surface area (Å²) in [5.74, 6) is 0.855. The van der Waals surface area contributed by atoms with Crippen molar-refractivity contribution in [2.24, 2.45) is 5.92 Å². The fourth-order valence-corrected chi connectivity index (χ4v) is 2.68. The third kappa shape index (κ3) is 5.24. The molecule has 0 spiro atoms. The van der Waals surface area contributed by atoms with E-state index in [1.807, 2.05) is 45.0 Å². The average molecular weight is 304 g/mol. The van der Waals surface area contributed by atoms with E-state index in [0.29, 0.717) is 6.04 Å². The van der Waals surface area contributed by atoms with Crippen LogP contribution in [0.1, 0.15) is 53.4 Å². The minimum absolute atomic E-state index is 0.395. The first kappa shape index (κ1) is 16.7. The van der Waals surface area contributed by atoms with Gasteiger partial charge in [0.25, 0.3) is 0 Å². The molecule has 1 aliphatic rings. The number of hydrogen-bond acceptors (Lipinski definition) is 3. The zero-order valence-electron chi connectivity index (χ0n) is 14.1. The monoisotopic (exact) mass is 304 g/mol. The average Bonchev–Trinajstić information content (AvgIpc) is 2.34. The largest absolute Gasteiger partial charge is 0.444 e. The van der Waals surface area contributed by atoms with Crippen LogP contribution in [0.5, 0.6) is 0 Å². The van der Waals surface area contributed by atoms with E-state index in [1.54, 1.807) is 0 Å². The van der Waals surface area contributed by atoms with Gasteiger partial charge in [0, 0.05) is 6.04 Å². The summed E-state index contributed by atoms with van der Waals surface area (Å²) in [5.41, 5.74) is 1.21. The van der Waals surface area contributed by atoms with Gasteiger partial charge in [-0.3, -0.25) is 5.32 Å². The number of amides is 1. The molecule has 1 aliphatic carbocycles. The molecule has 2 rings (SSSR count). The van der Waals surface area contributed by atoms with E-state index in [4.69, 9.17) is 4.74 Å². The first-order chi connectivity index (χ1) is 10.3. The predicted molar refractivity (Wildman–Crippen MR) is 91.3 cm³/mol. The van der Waals surface area contributed by atoms with E-state index in [9.17, 15) is 4.79 Å². The molecule has 1 saturated carbocycles. The Morgan fingerprint density at radius 1 is 1.27 bits per heavy atom. The fraction of sp³-hybridized carbons (Fsp3) is 0.611. The summed E-state index contributed by atoms with van der Waals surface area (Å²) in [7, 11) is 0. The van der Waals surface area contributed by atoms with E-state index < -0.39 is 11.7 Å². The van der Waals surface area contributed by atoms with Crippen LogP contribution in [0.25, 0.3) is 0 Å². The number of rotatable bonds is 5. The highest BCUT2D eigenvalue weighted by Gasteiger charge is 2.21. The number of nitrogens with one attached hydrogen (secondary N) is 2. The van der Waals surface area contributed by atoms with Crippen molar-refractivity contribution in [3.63, 3.8) is 0 Å². The molecule has 0 heterocycles. The standard InChI is InChI=1S/C18H28N2O2/c1-13(12-14-8-7-9-14)19-15-10-5-6-11-16(15)20-17(21)22-18(2,3)4/h5-6,10-11,13-14,19H,7-9,12H2,1-4H3,(H,20,21). The van der Waals surface area contributed by atoms with Crippen molar-refractivity contribution in [3.8, 4) is 0 Å². The Morgan fingerprint density at radius 2 is 1.91 bits per heavy atom. The highest BCUT2D eigenvalue weighted by Crippen LogP contribution is 2.32. The Morgan fingerprint density at radius 3 is 2.45 bits per heavy atom. The van der Waals surface area contributed by atoms with E-state index in [2.05, 4.69) is 17.6 Å². The van der Waals surface area contributed by atoms with E-state index in [1.165, 1.54) is 25.7 Å². The van der Waals surface area contributed by atoms with Crippen molar-refractivity contribution in [2.75, 3.05) is 10.6 Å². The number of anilines is 2. The van der Waals surface area contributed by atoms with Gasteiger partial charge >= 0.3 is 6.09 Å². The summed E-state index contributed by atoms with van der Waals surface area (Å²) in [6, 6.07) is 8.16. The molecular formula is C18H28N2O2. The Bertz CT molecular complexity index is 504. The minimum Gasteiger partial charge on any atom is -0.444 e. The number of para-hydroxylation sites is 2. The fourth-order valence-electron chi connectivity index (χ4n) is 2.68. The second-order valence-corrected chi connectivity index (χ2v) is 7.25. The first-order valence-corrected chi connectivity index (χ1v) is 8.19. The van der Waals surface area contributed by atoms with Crippen molar-refractivity contribution in [1.82, 2.24) is 0 Å². The Labute approximate surface area is 133 Å². The SMILES string of the molecule is CC(CC1CCC1)Nc1ccccc1NC(=O)OC(C)(C)C. The van der Waals surface area contributed by atoms with Gasteiger partial charge < -0.3 is 10.1 Å². The molecule has 0 bridgehead atoms. The van der Waals surface area contributed by atoms with Crippen molar-refractivity contribution in [2.45, 2.75) is 65.0 Å². The second kappa shape index (κ2) is 7.03. The lowest BCUT2D eigenvalue weighted by Gasteiger charge is -2.29. The van der Waals surface area contributed by atoms with Crippen molar-refractivity contribution >= 4 is 17.5 Å². The molecule has 22 heavy (non-hydrogen) atoms. The molecule has 4 nitrogen and oxygen atoms in total. The molecule has 1 aromatic carbocycles. The van der Waals surface area contributed by atoms with Crippen LogP contribution >= 0.6 is 0 Å². The molecule has 2 N–H and O–H groups in total. The molecule has 122 valence electrons. The maximum atomic E-state index is 11.9. The summed E-state index contributed by atoms with van der Waals surface area (Å²) < 4.78 is 5.31. The third-order valence-electron chi connectivity index (χ3n) is 3.88. The lowest BCUT2D eigenvalue weighted by Crippen LogP contribution is -2.28. The van der Waals surface area contributed by atoms with Crippen LogP contribution in [0.3, 0.4) is 0 Å². The molecule has 1 unspecified atom stereocenters. The van der Waals surface area contributed by atoms with Crippen LogP contribution in [0.2, 0.25) is 0 Å². The van der Waals surface area contributed by atoms with E-state index in [-0.39, 0.29) is 0 Å². The zero-order chi connectivity index (χ0) is 16.2. The van der Waals surface area contributed by atoms with Crippen molar-refractivity contribution in [3.05, 3.63) is 24.3 Å². The molecule has 0 radical (unpaired) electrons. The Kier molecular flexibility index (Phi) is 5.33. The molecule has 1 atom stereocenters. The molecule has 4 heteroatoms. The molecule has 1 amide bonds. The lowest BCUT2D eigenvalue weighted by molar-refractivity contribution is 0.0636. The van der Waals surface area contributed by atoms with Gasteiger partial charge in [-0.2, -0.15) is 0 Å². The summed E-state index contributed by atoms with van der Waals surface area (Å²) >= 11 is 0. The van der Waals surface area contributed by atoms with Gasteiger partial charge in [-0.05, 0) is 52.2 Å². The molecule has 0 saturated heterocycles. The van der Waals surface area contributed by atoms with Gasteiger partial charge in [-0.1, -0.05) is 31.4 Å². The van der Waals surface area contributed by atoms with Crippen LogP contribution in [0.15, 0.2) is 24.3 Å². The Hall–Kier alpha value is -1.71. The van der Waals surface area contributed by atoms with Gasteiger partial charge in [-0.25, -0.2) is 4.79 Å². The van der Waals surface area contributed by atoms with Crippen LogP contribution in [-0.2, 0) is 4.74 Å². The number of carbonyl (C=O) groups excluding carboxylic acids is 1. The number of benzene rings is 1. The van der Waals surface area contributed by atoms with E-state index in [0.717, 1.165) is 17.3 Å². The van der Waals surface area contributed by atoms with Gasteiger partial charge in [-0.15, -0.1) is 0 Å². The summed E-state index contributed by atoms with van der Waals surface area (Å²) in [5, 5.41) is 6.34. The predicted octanol–water partition coefficient (Wildman–Crippen LogP) is 5.02. The number of hydrogen-bond donors (Lipinski definition) is 2. The minimum atomic E-state index is -0.496. The Balaban J connectivity index is 1.95. The lowest BCUT2D eigenvalue weighted by atomic mass is 9.81. The first-order valence-electron chi connectivity index (χ1n) is 8.19. The normalized spacial score (nSPS) is 16.5. The molecule has 1 fully saturated rings. The number of carbonyl (C=O) groups is 1. The molecule has 0 aromatic heterocycles. The highest BCUT2D eigenvalue weighted by atomic mass is 16.6.